The van der Waals surface area contributed by atoms with E-state index in [4.69, 9.17) is 4.74 Å². The summed E-state index contributed by atoms with van der Waals surface area (Å²) in [5.74, 6) is 0.496. The van der Waals surface area contributed by atoms with Crippen LogP contribution < -0.4 is 10.1 Å². The van der Waals surface area contributed by atoms with Gasteiger partial charge in [0.15, 0.2) is 0 Å². The normalized spacial score (nSPS) is 10.7. The molecular weight excluding hydrogens is 280 g/mol. The SMILES string of the molecule is CC(=O)N(CCC(=O)Nc1ccccc1OC(C)C)C(C)C. The number of benzene rings is 1. The average molecular weight is 306 g/mol. The fourth-order valence-electron chi connectivity index (χ4n) is 2.14. The van der Waals surface area contributed by atoms with E-state index in [1.54, 1.807) is 11.0 Å². The topological polar surface area (TPSA) is 58.6 Å². The third-order valence-corrected chi connectivity index (χ3v) is 3.13. The van der Waals surface area contributed by atoms with E-state index in [2.05, 4.69) is 5.32 Å². The maximum Gasteiger partial charge on any atom is 0.226 e. The third kappa shape index (κ3) is 5.76. The van der Waals surface area contributed by atoms with Gasteiger partial charge in [-0.3, -0.25) is 9.59 Å². The molecule has 0 saturated heterocycles. The molecule has 1 rings (SSSR count). The number of nitrogens with one attached hydrogen (secondary N) is 1. The van der Waals surface area contributed by atoms with Gasteiger partial charge in [-0.05, 0) is 39.8 Å². The molecule has 22 heavy (non-hydrogen) atoms. The van der Waals surface area contributed by atoms with E-state index in [0.29, 0.717) is 18.0 Å². The smallest absolute Gasteiger partial charge is 0.226 e. The van der Waals surface area contributed by atoms with Crippen LogP contribution in [0.1, 0.15) is 41.0 Å². The van der Waals surface area contributed by atoms with Crippen LogP contribution in [0.2, 0.25) is 0 Å². The van der Waals surface area contributed by atoms with E-state index in [-0.39, 0.29) is 30.4 Å². The van der Waals surface area contributed by atoms with Crippen molar-refractivity contribution in [1.29, 1.82) is 0 Å². The molecule has 1 aromatic carbocycles. The minimum Gasteiger partial charge on any atom is -0.489 e. The number of hydrogen-bond donors (Lipinski definition) is 1. The lowest BCUT2D eigenvalue weighted by molar-refractivity contribution is -0.130. The van der Waals surface area contributed by atoms with E-state index in [9.17, 15) is 9.59 Å². The second-order valence-corrected chi connectivity index (χ2v) is 5.77. The summed E-state index contributed by atoms with van der Waals surface area (Å²) in [6.45, 7) is 9.67. The molecule has 0 aliphatic heterocycles. The van der Waals surface area contributed by atoms with Crippen molar-refractivity contribution < 1.29 is 14.3 Å². The van der Waals surface area contributed by atoms with E-state index in [1.807, 2.05) is 45.9 Å². The highest BCUT2D eigenvalue weighted by Gasteiger charge is 2.15. The third-order valence-electron chi connectivity index (χ3n) is 3.13. The highest BCUT2D eigenvalue weighted by atomic mass is 16.5. The van der Waals surface area contributed by atoms with Crippen molar-refractivity contribution in [1.82, 2.24) is 4.90 Å². The van der Waals surface area contributed by atoms with Crippen molar-refractivity contribution in [2.75, 3.05) is 11.9 Å². The summed E-state index contributed by atoms with van der Waals surface area (Å²) in [7, 11) is 0. The molecular formula is C17H26N2O3. The van der Waals surface area contributed by atoms with Crippen LogP contribution in [0, 0.1) is 0 Å². The number of para-hydroxylation sites is 2. The Morgan fingerprint density at radius 1 is 1.18 bits per heavy atom. The number of hydrogen-bond acceptors (Lipinski definition) is 3. The van der Waals surface area contributed by atoms with Crippen molar-refractivity contribution in [2.24, 2.45) is 0 Å². The Morgan fingerprint density at radius 2 is 1.82 bits per heavy atom. The van der Waals surface area contributed by atoms with E-state index < -0.39 is 0 Å². The van der Waals surface area contributed by atoms with Gasteiger partial charge in [0, 0.05) is 25.9 Å². The molecule has 1 N–H and O–H groups in total. The number of rotatable bonds is 7. The monoisotopic (exact) mass is 306 g/mol. The van der Waals surface area contributed by atoms with Crippen molar-refractivity contribution in [3.05, 3.63) is 24.3 Å². The maximum atomic E-state index is 12.1. The van der Waals surface area contributed by atoms with Crippen LogP contribution in [0.5, 0.6) is 5.75 Å². The van der Waals surface area contributed by atoms with Gasteiger partial charge in [-0.25, -0.2) is 0 Å². The summed E-state index contributed by atoms with van der Waals surface area (Å²) >= 11 is 0. The van der Waals surface area contributed by atoms with Crippen molar-refractivity contribution in [3.8, 4) is 5.75 Å². The van der Waals surface area contributed by atoms with Crippen LogP contribution in [-0.4, -0.2) is 35.4 Å². The van der Waals surface area contributed by atoms with Gasteiger partial charge in [0.05, 0.1) is 11.8 Å². The summed E-state index contributed by atoms with van der Waals surface area (Å²) in [5, 5.41) is 2.85. The van der Waals surface area contributed by atoms with E-state index in [1.165, 1.54) is 6.92 Å². The fraction of sp³-hybridized carbons (Fsp3) is 0.529. The van der Waals surface area contributed by atoms with E-state index in [0.717, 1.165) is 0 Å². The largest absolute Gasteiger partial charge is 0.489 e. The molecule has 0 bridgehead atoms. The molecule has 0 fully saturated rings. The quantitative estimate of drug-likeness (QED) is 0.842. The minimum atomic E-state index is -0.133. The second kappa shape index (κ2) is 8.41. The molecule has 2 amide bonds. The second-order valence-electron chi connectivity index (χ2n) is 5.77. The van der Waals surface area contributed by atoms with Crippen LogP contribution in [0.25, 0.3) is 0 Å². The Morgan fingerprint density at radius 3 is 2.36 bits per heavy atom. The summed E-state index contributed by atoms with van der Waals surface area (Å²) in [4.78, 5) is 25.3. The van der Waals surface area contributed by atoms with Gasteiger partial charge >= 0.3 is 0 Å². The van der Waals surface area contributed by atoms with Gasteiger partial charge in [-0.2, -0.15) is 0 Å². The molecule has 0 aliphatic carbocycles. The van der Waals surface area contributed by atoms with Crippen LogP contribution >= 0.6 is 0 Å². The van der Waals surface area contributed by atoms with Gasteiger partial charge < -0.3 is 15.0 Å². The number of carbonyl (C=O) groups excluding carboxylic acids is 2. The van der Waals surface area contributed by atoms with Crippen LogP contribution in [0.3, 0.4) is 0 Å². The molecule has 0 heterocycles. The van der Waals surface area contributed by atoms with Gasteiger partial charge in [-0.1, -0.05) is 12.1 Å². The number of ether oxygens (including phenoxy) is 1. The summed E-state index contributed by atoms with van der Waals surface area (Å²) in [5.41, 5.74) is 0.653. The highest BCUT2D eigenvalue weighted by Crippen LogP contribution is 2.24. The molecule has 122 valence electrons. The number of anilines is 1. The molecule has 0 unspecified atom stereocenters. The van der Waals surface area contributed by atoms with Crippen LogP contribution in [-0.2, 0) is 9.59 Å². The molecule has 0 spiro atoms. The van der Waals surface area contributed by atoms with Gasteiger partial charge in [0.25, 0.3) is 0 Å². The number of nitrogens with zero attached hydrogens (tertiary/aromatic N) is 1. The van der Waals surface area contributed by atoms with Crippen molar-refractivity contribution >= 4 is 17.5 Å². The fourth-order valence-corrected chi connectivity index (χ4v) is 2.14. The zero-order valence-electron chi connectivity index (χ0n) is 14.1. The van der Waals surface area contributed by atoms with Gasteiger partial charge in [0.1, 0.15) is 5.75 Å². The molecule has 0 aromatic heterocycles. The first-order valence-corrected chi connectivity index (χ1v) is 7.64. The molecule has 5 heteroatoms. The van der Waals surface area contributed by atoms with Crippen LogP contribution in [0.15, 0.2) is 24.3 Å². The van der Waals surface area contributed by atoms with Gasteiger partial charge in [0.2, 0.25) is 11.8 Å². The molecule has 0 aliphatic rings. The van der Waals surface area contributed by atoms with Crippen LogP contribution in [0.4, 0.5) is 5.69 Å². The number of carbonyl (C=O) groups is 2. The molecule has 0 saturated carbocycles. The highest BCUT2D eigenvalue weighted by molar-refractivity contribution is 5.92. The molecule has 0 radical (unpaired) electrons. The molecule has 0 atom stereocenters. The van der Waals surface area contributed by atoms with E-state index >= 15 is 0 Å². The lowest BCUT2D eigenvalue weighted by Crippen LogP contribution is -2.37. The van der Waals surface area contributed by atoms with Crippen molar-refractivity contribution in [3.63, 3.8) is 0 Å². The minimum absolute atomic E-state index is 0.0219. The first-order chi connectivity index (χ1) is 10.3. The Bertz CT molecular complexity index is 512. The predicted octanol–water partition coefficient (Wildman–Crippen LogP) is 3.06. The lowest BCUT2D eigenvalue weighted by atomic mass is 10.2. The molecule has 5 nitrogen and oxygen atoms in total. The molecule has 1 aromatic rings. The standard InChI is InChI=1S/C17H26N2O3/c1-12(2)19(14(5)20)11-10-17(21)18-15-8-6-7-9-16(15)22-13(3)4/h6-9,12-13H,10-11H2,1-5H3,(H,18,21). The predicted molar refractivity (Wildman–Crippen MR) is 88.0 cm³/mol. The lowest BCUT2D eigenvalue weighted by Gasteiger charge is -2.25. The first-order valence-electron chi connectivity index (χ1n) is 7.64. The Labute approximate surface area is 132 Å². The summed E-state index contributed by atoms with van der Waals surface area (Å²) in [6.07, 6.45) is 0.292. The van der Waals surface area contributed by atoms with Gasteiger partial charge in [-0.15, -0.1) is 0 Å². The Balaban J connectivity index is 2.64. The zero-order chi connectivity index (χ0) is 16.7. The first kappa shape index (κ1) is 18.0. The summed E-state index contributed by atoms with van der Waals surface area (Å²) in [6, 6.07) is 7.43. The average Bonchev–Trinajstić information content (AvgIpc) is 2.39. The Hall–Kier alpha value is -2.04. The zero-order valence-corrected chi connectivity index (χ0v) is 14.1. The maximum absolute atomic E-state index is 12.1. The van der Waals surface area contributed by atoms with Crippen molar-refractivity contribution in [2.45, 2.75) is 53.2 Å². The number of amides is 2. The summed E-state index contributed by atoms with van der Waals surface area (Å²) < 4.78 is 5.67. The Kier molecular flexibility index (Phi) is 6.89.